The van der Waals surface area contributed by atoms with E-state index in [2.05, 4.69) is 50.5 Å². The summed E-state index contributed by atoms with van der Waals surface area (Å²) in [6.07, 6.45) is 0. The molecule has 0 aromatic heterocycles. The number of halogens is 1. The molecule has 0 saturated carbocycles. The summed E-state index contributed by atoms with van der Waals surface area (Å²) in [4.78, 5) is 11.8. The Morgan fingerprint density at radius 2 is 1.68 bits per heavy atom. The molecule has 0 unspecified atom stereocenters. The van der Waals surface area contributed by atoms with Gasteiger partial charge in [0.25, 0.3) is 0 Å². The molecular weight excluding hydrogens is 260 g/mol. The maximum Gasteiger partial charge on any atom is 0.319 e. The van der Waals surface area contributed by atoms with Gasteiger partial charge in [0.15, 0.2) is 0 Å². The quantitative estimate of drug-likeness (QED) is 0.777. The van der Waals surface area contributed by atoms with Gasteiger partial charge < -0.3 is 10.6 Å². The van der Waals surface area contributed by atoms with E-state index in [0.717, 1.165) is 16.8 Å². The van der Waals surface area contributed by atoms with E-state index in [9.17, 15) is 4.79 Å². The summed E-state index contributed by atoms with van der Waals surface area (Å²) >= 11 is 5.57. The van der Waals surface area contributed by atoms with Crippen molar-refractivity contribution < 1.29 is 4.79 Å². The Kier molecular flexibility index (Phi) is 6.16. The molecule has 1 aromatic carbocycles. The first kappa shape index (κ1) is 15.8. The van der Waals surface area contributed by atoms with Crippen LogP contribution < -0.4 is 10.6 Å². The number of hydrogen-bond donors (Lipinski definition) is 2. The van der Waals surface area contributed by atoms with Gasteiger partial charge in [-0.1, -0.05) is 45.9 Å². The maximum absolute atomic E-state index is 11.8. The number of carbonyl (C=O) groups is 1. The average Bonchev–Trinajstić information content (AvgIpc) is 2.35. The van der Waals surface area contributed by atoms with E-state index in [0.29, 0.717) is 24.3 Å². The van der Waals surface area contributed by atoms with Crippen molar-refractivity contribution >= 4 is 23.3 Å². The topological polar surface area (TPSA) is 41.1 Å². The summed E-state index contributed by atoms with van der Waals surface area (Å²) in [5.74, 6) is 1.14. The van der Waals surface area contributed by atoms with Crippen LogP contribution in [0.4, 0.5) is 10.5 Å². The summed E-state index contributed by atoms with van der Waals surface area (Å²) < 4.78 is 0. The van der Waals surface area contributed by atoms with E-state index < -0.39 is 0 Å². The molecule has 0 spiro atoms. The maximum atomic E-state index is 11.8. The highest BCUT2D eigenvalue weighted by molar-refractivity contribution is 6.18. The molecule has 4 heteroatoms. The van der Waals surface area contributed by atoms with Gasteiger partial charge in [-0.05, 0) is 23.0 Å². The molecule has 106 valence electrons. The predicted molar refractivity (Wildman–Crippen MR) is 82.4 cm³/mol. The lowest BCUT2D eigenvalue weighted by molar-refractivity contribution is 0.252. The van der Waals surface area contributed by atoms with Crippen molar-refractivity contribution in [1.82, 2.24) is 5.32 Å². The number of para-hydroxylation sites is 1. The van der Waals surface area contributed by atoms with Crippen LogP contribution >= 0.6 is 11.6 Å². The summed E-state index contributed by atoms with van der Waals surface area (Å²) in [5, 5.41) is 5.70. The van der Waals surface area contributed by atoms with E-state index in [1.54, 1.807) is 0 Å². The van der Waals surface area contributed by atoms with Crippen molar-refractivity contribution in [3.05, 3.63) is 29.3 Å². The van der Waals surface area contributed by atoms with Gasteiger partial charge in [-0.15, -0.1) is 11.6 Å². The van der Waals surface area contributed by atoms with E-state index in [-0.39, 0.29) is 6.03 Å². The van der Waals surface area contributed by atoms with Crippen LogP contribution in [0.2, 0.25) is 0 Å². The number of amides is 2. The Morgan fingerprint density at radius 3 is 2.11 bits per heavy atom. The third kappa shape index (κ3) is 4.43. The van der Waals surface area contributed by atoms with E-state index in [4.69, 9.17) is 11.6 Å². The molecule has 3 nitrogen and oxygen atoms in total. The molecule has 0 aliphatic heterocycles. The molecule has 19 heavy (non-hydrogen) atoms. The molecule has 1 rings (SSSR count). The van der Waals surface area contributed by atoms with E-state index >= 15 is 0 Å². The molecule has 1 aromatic rings. The van der Waals surface area contributed by atoms with E-state index in [1.807, 2.05) is 6.07 Å². The molecule has 2 N–H and O–H groups in total. The first-order valence-electron chi connectivity index (χ1n) is 6.71. The first-order valence-corrected chi connectivity index (χ1v) is 7.24. The van der Waals surface area contributed by atoms with Crippen molar-refractivity contribution in [2.75, 3.05) is 17.7 Å². The van der Waals surface area contributed by atoms with Gasteiger partial charge in [-0.3, -0.25) is 0 Å². The van der Waals surface area contributed by atoms with Crippen molar-refractivity contribution in [1.29, 1.82) is 0 Å². The van der Waals surface area contributed by atoms with Gasteiger partial charge in [-0.2, -0.15) is 0 Å². The number of nitrogens with one attached hydrogen (secondary N) is 2. The molecule has 0 heterocycles. The Labute approximate surface area is 120 Å². The van der Waals surface area contributed by atoms with Crippen LogP contribution in [0.25, 0.3) is 0 Å². The minimum atomic E-state index is -0.198. The number of carbonyl (C=O) groups excluding carboxylic acids is 1. The summed E-state index contributed by atoms with van der Waals surface area (Å²) in [7, 11) is 0. The van der Waals surface area contributed by atoms with Crippen LogP contribution in [0.1, 0.15) is 50.7 Å². The summed E-state index contributed by atoms with van der Waals surface area (Å²) in [6.45, 7) is 8.97. The SMILES string of the molecule is CC(C)c1cccc(C(C)C)c1NC(=O)NCCCl. The standard InChI is InChI=1S/C15H23ClN2O/c1-10(2)12-6-5-7-13(11(3)4)14(12)18-15(19)17-9-8-16/h5-7,10-11H,8-9H2,1-4H3,(H2,17,18,19). The van der Waals surface area contributed by atoms with Gasteiger partial charge in [-0.25, -0.2) is 4.79 Å². The first-order chi connectivity index (χ1) is 8.97. The zero-order chi connectivity index (χ0) is 14.4. The van der Waals surface area contributed by atoms with Gasteiger partial charge >= 0.3 is 6.03 Å². The van der Waals surface area contributed by atoms with Gasteiger partial charge in [0, 0.05) is 18.1 Å². The van der Waals surface area contributed by atoms with Crippen LogP contribution in [0.15, 0.2) is 18.2 Å². The van der Waals surface area contributed by atoms with Crippen molar-refractivity contribution in [3.8, 4) is 0 Å². The van der Waals surface area contributed by atoms with Gasteiger partial charge in [0.2, 0.25) is 0 Å². The number of benzene rings is 1. The number of hydrogen-bond acceptors (Lipinski definition) is 1. The highest BCUT2D eigenvalue weighted by Gasteiger charge is 2.15. The minimum absolute atomic E-state index is 0.198. The van der Waals surface area contributed by atoms with Crippen molar-refractivity contribution in [2.24, 2.45) is 0 Å². The molecule has 0 aliphatic carbocycles. The zero-order valence-electron chi connectivity index (χ0n) is 12.1. The number of alkyl halides is 1. The Bertz CT molecular complexity index is 404. The summed E-state index contributed by atoms with van der Waals surface area (Å²) in [5.41, 5.74) is 3.25. The van der Waals surface area contributed by atoms with Crippen molar-refractivity contribution in [2.45, 2.75) is 39.5 Å². The lowest BCUT2D eigenvalue weighted by Crippen LogP contribution is -2.31. The fourth-order valence-electron chi connectivity index (χ4n) is 2.01. The van der Waals surface area contributed by atoms with Crippen LogP contribution in [0.3, 0.4) is 0 Å². The van der Waals surface area contributed by atoms with Crippen LogP contribution in [-0.4, -0.2) is 18.5 Å². The highest BCUT2D eigenvalue weighted by Crippen LogP contribution is 2.32. The third-order valence-corrected chi connectivity index (χ3v) is 3.18. The minimum Gasteiger partial charge on any atom is -0.337 e. The predicted octanol–water partition coefficient (Wildman–Crippen LogP) is 4.29. The second-order valence-electron chi connectivity index (χ2n) is 5.19. The van der Waals surface area contributed by atoms with Crippen LogP contribution in [-0.2, 0) is 0 Å². The van der Waals surface area contributed by atoms with Gasteiger partial charge in [0.1, 0.15) is 0 Å². The highest BCUT2D eigenvalue weighted by atomic mass is 35.5. The largest absolute Gasteiger partial charge is 0.337 e. The monoisotopic (exact) mass is 282 g/mol. The number of urea groups is 1. The normalized spacial score (nSPS) is 10.9. The van der Waals surface area contributed by atoms with Crippen molar-refractivity contribution in [3.63, 3.8) is 0 Å². The zero-order valence-corrected chi connectivity index (χ0v) is 12.8. The Balaban J connectivity index is 3.04. The molecule has 0 bridgehead atoms. The number of anilines is 1. The van der Waals surface area contributed by atoms with Crippen LogP contribution in [0.5, 0.6) is 0 Å². The molecule has 0 fully saturated rings. The Morgan fingerprint density at radius 1 is 1.16 bits per heavy atom. The summed E-state index contributed by atoms with van der Waals surface area (Å²) in [6, 6.07) is 5.98. The molecule has 0 aliphatic rings. The molecule has 0 saturated heterocycles. The Hall–Kier alpha value is -1.22. The second-order valence-corrected chi connectivity index (χ2v) is 5.57. The molecule has 2 amide bonds. The smallest absolute Gasteiger partial charge is 0.319 e. The second kappa shape index (κ2) is 7.39. The lowest BCUT2D eigenvalue weighted by Gasteiger charge is -2.20. The van der Waals surface area contributed by atoms with Gasteiger partial charge in [0.05, 0.1) is 0 Å². The molecular formula is C15H23ClN2O. The molecule has 0 radical (unpaired) electrons. The fraction of sp³-hybridized carbons (Fsp3) is 0.533. The molecule has 0 atom stereocenters. The average molecular weight is 283 g/mol. The lowest BCUT2D eigenvalue weighted by atomic mass is 9.93. The number of rotatable bonds is 5. The third-order valence-electron chi connectivity index (χ3n) is 2.99. The fourth-order valence-corrected chi connectivity index (χ4v) is 2.11. The van der Waals surface area contributed by atoms with E-state index in [1.165, 1.54) is 0 Å². The van der Waals surface area contributed by atoms with Crippen LogP contribution in [0, 0.1) is 0 Å².